The summed E-state index contributed by atoms with van der Waals surface area (Å²) in [5.41, 5.74) is 0. The zero-order valence-electron chi connectivity index (χ0n) is 7.43. The number of hydrogen-bond donors (Lipinski definition) is 1. The van der Waals surface area contributed by atoms with E-state index in [2.05, 4.69) is 4.74 Å². The number of hydrogen-bond acceptors (Lipinski definition) is 4. The van der Waals surface area contributed by atoms with Crippen molar-refractivity contribution in [2.24, 2.45) is 17.8 Å². The summed E-state index contributed by atoms with van der Waals surface area (Å²) in [7, 11) is 0. The smallest absolute Gasteiger partial charge is 0.317 e. The molecule has 76 valence electrons. The average Bonchev–Trinajstić information content (AvgIpc) is 2.42. The number of carbonyl (C=O) groups is 3. The van der Waals surface area contributed by atoms with Crippen molar-refractivity contribution in [2.75, 3.05) is 0 Å². The minimum Gasteiger partial charge on any atom is -0.481 e. The SMILES string of the molecule is O=C(O)C1CCC2C(=O)OC(=O)C2C1. The van der Waals surface area contributed by atoms with Crippen LogP contribution in [0.25, 0.3) is 0 Å². The van der Waals surface area contributed by atoms with Gasteiger partial charge in [0.05, 0.1) is 17.8 Å². The molecule has 1 N–H and O–H groups in total. The summed E-state index contributed by atoms with van der Waals surface area (Å²) < 4.78 is 4.47. The van der Waals surface area contributed by atoms with E-state index in [-0.39, 0.29) is 6.42 Å². The molecule has 1 saturated carbocycles. The molecule has 3 atom stereocenters. The highest BCUT2D eigenvalue weighted by Gasteiger charge is 2.48. The van der Waals surface area contributed by atoms with Gasteiger partial charge in [0.1, 0.15) is 0 Å². The lowest BCUT2D eigenvalue weighted by Crippen LogP contribution is -2.30. The Morgan fingerprint density at radius 1 is 1.21 bits per heavy atom. The molecule has 0 spiro atoms. The maximum Gasteiger partial charge on any atom is 0.317 e. The normalized spacial score (nSPS) is 36.4. The van der Waals surface area contributed by atoms with Crippen molar-refractivity contribution >= 4 is 17.9 Å². The zero-order chi connectivity index (χ0) is 10.3. The molecule has 14 heavy (non-hydrogen) atoms. The first-order chi connectivity index (χ1) is 6.59. The van der Waals surface area contributed by atoms with Crippen LogP contribution >= 0.6 is 0 Å². The number of rotatable bonds is 1. The number of carboxylic acids is 1. The summed E-state index contributed by atoms with van der Waals surface area (Å²) in [5, 5.41) is 8.77. The highest BCUT2D eigenvalue weighted by atomic mass is 16.6. The van der Waals surface area contributed by atoms with Crippen LogP contribution in [0.3, 0.4) is 0 Å². The van der Waals surface area contributed by atoms with Crippen LogP contribution in [0.2, 0.25) is 0 Å². The third kappa shape index (κ3) is 1.29. The Balaban J connectivity index is 2.13. The molecule has 3 unspecified atom stereocenters. The summed E-state index contributed by atoms with van der Waals surface area (Å²) in [6, 6.07) is 0. The molecular formula is C9H10O5. The summed E-state index contributed by atoms with van der Waals surface area (Å²) in [4.78, 5) is 33.0. The van der Waals surface area contributed by atoms with Gasteiger partial charge in [-0.1, -0.05) is 0 Å². The number of carbonyl (C=O) groups excluding carboxylic acids is 2. The highest BCUT2D eigenvalue weighted by molar-refractivity contribution is 5.96. The largest absolute Gasteiger partial charge is 0.481 e. The van der Waals surface area contributed by atoms with Crippen molar-refractivity contribution in [2.45, 2.75) is 19.3 Å². The molecule has 1 heterocycles. The van der Waals surface area contributed by atoms with Crippen molar-refractivity contribution in [3.8, 4) is 0 Å². The van der Waals surface area contributed by atoms with E-state index in [1.54, 1.807) is 0 Å². The Hall–Kier alpha value is -1.39. The van der Waals surface area contributed by atoms with E-state index in [1.807, 2.05) is 0 Å². The lowest BCUT2D eigenvalue weighted by atomic mass is 9.75. The fourth-order valence-electron chi connectivity index (χ4n) is 2.19. The molecular weight excluding hydrogens is 188 g/mol. The summed E-state index contributed by atoms with van der Waals surface area (Å²) in [6.07, 6.45) is 1.15. The van der Waals surface area contributed by atoms with Crippen LogP contribution < -0.4 is 0 Å². The molecule has 0 aromatic heterocycles. The van der Waals surface area contributed by atoms with Gasteiger partial charge in [-0.3, -0.25) is 14.4 Å². The van der Waals surface area contributed by atoms with E-state index in [0.29, 0.717) is 12.8 Å². The van der Waals surface area contributed by atoms with Crippen LogP contribution in [0, 0.1) is 17.8 Å². The van der Waals surface area contributed by atoms with Crippen LogP contribution in [-0.2, 0) is 19.1 Å². The van der Waals surface area contributed by atoms with Gasteiger partial charge >= 0.3 is 17.9 Å². The summed E-state index contributed by atoms with van der Waals surface area (Å²) >= 11 is 0. The van der Waals surface area contributed by atoms with Gasteiger partial charge in [-0.2, -0.15) is 0 Å². The fraction of sp³-hybridized carbons (Fsp3) is 0.667. The Kier molecular flexibility index (Phi) is 2.02. The van der Waals surface area contributed by atoms with Crippen LogP contribution in [0.1, 0.15) is 19.3 Å². The molecule has 2 aliphatic rings. The van der Waals surface area contributed by atoms with E-state index in [9.17, 15) is 14.4 Å². The number of carboxylic acid groups (broad SMARTS) is 1. The second kappa shape index (κ2) is 3.08. The Morgan fingerprint density at radius 2 is 1.86 bits per heavy atom. The number of fused-ring (bicyclic) bond motifs is 1. The van der Waals surface area contributed by atoms with Crippen LogP contribution in [0.5, 0.6) is 0 Å². The van der Waals surface area contributed by atoms with E-state index in [1.165, 1.54) is 0 Å². The molecule has 5 heteroatoms. The maximum absolute atomic E-state index is 11.2. The Labute approximate surface area is 80.0 Å². The van der Waals surface area contributed by atoms with Crippen LogP contribution in [0.4, 0.5) is 0 Å². The van der Waals surface area contributed by atoms with E-state index >= 15 is 0 Å². The average molecular weight is 198 g/mol. The van der Waals surface area contributed by atoms with Gasteiger partial charge in [0.25, 0.3) is 0 Å². The van der Waals surface area contributed by atoms with Gasteiger partial charge in [0.15, 0.2) is 0 Å². The second-order valence-electron chi connectivity index (χ2n) is 3.80. The molecule has 1 aliphatic heterocycles. The third-order valence-corrected chi connectivity index (χ3v) is 3.01. The summed E-state index contributed by atoms with van der Waals surface area (Å²) in [6.45, 7) is 0. The third-order valence-electron chi connectivity index (χ3n) is 3.01. The molecule has 1 saturated heterocycles. The number of aliphatic carboxylic acids is 1. The van der Waals surface area contributed by atoms with Gasteiger partial charge in [-0.05, 0) is 19.3 Å². The highest BCUT2D eigenvalue weighted by Crippen LogP contribution is 2.39. The van der Waals surface area contributed by atoms with Crippen LogP contribution in [0.15, 0.2) is 0 Å². The Morgan fingerprint density at radius 3 is 2.50 bits per heavy atom. The number of esters is 2. The van der Waals surface area contributed by atoms with Crippen molar-refractivity contribution in [1.82, 2.24) is 0 Å². The zero-order valence-corrected chi connectivity index (χ0v) is 7.43. The molecule has 0 bridgehead atoms. The molecule has 5 nitrogen and oxygen atoms in total. The lowest BCUT2D eigenvalue weighted by molar-refractivity contribution is -0.153. The molecule has 2 fully saturated rings. The van der Waals surface area contributed by atoms with E-state index in [0.717, 1.165) is 0 Å². The van der Waals surface area contributed by atoms with Gasteiger partial charge in [0.2, 0.25) is 0 Å². The first kappa shape index (κ1) is 9.18. The minimum atomic E-state index is -0.893. The summed E-state index contributed by atoms with van der Waals surface area (Å²) in [5.74, 6) is -3.34. The molecule has 0 aromatic carbocycles. The first-order valence-electron chi connectivity index (χ1n) is 4.58. The monoisotopic (exact) mass is 198 g/mol. The van der Waals surface area contributed by atoms with Crippen molar-refractivity contribution in [1.29, 1.82) is 0 Å². The predicted octanol–water partition coefficient (Wildman–Crippen LogP) is 0.187. The lowest BCUT2D eigenvalue weighted by Gasteiger charge is -2.24. The minimum absolute atomic E-state index is 0.241. The predicted molar refractivity (Wildman–Crippen MR) is 43.1 cm³/mol. The van der Waals surface area contributed by atoms with Gasteiger partial charge in [-0.25, -0.2) is 0 Å². The first-order valence-corrected chi connectivity index (χ1v) is 4.58. The topological polar surface area (TPSA) is 80.7 Å². The molecule has 1 aliphatic carbocycles. The van der Waals surface area contributed by atoms with Gasteiger partial charge < -0.3 is 9.84 Å². The van der Waals surface area contributed by atoms with E-state index < -0.39 is 35.7 Å². The number of ether oxygens (including phenoxy) is 1. The molecule has 0 amide bonds. The van der Waals surface area contributed by atoms with Crippen molar-refractivity contribution in [3.05, 3.63) is 0 Å². The van der Waals surface area contributed by atoms with E-state index in [4.69, 9.17) is 5.11 Å². The van der Waals surface area contributed by atoms with Crippen LogP contribution in [-0.4, -0.2) is 23.0 Å². The molecule has 0 radical (unpaired) electrons. The van der Waals surface area contributed by atoms with Gasteiger partial charge in [-0.15, -0.1) is 0 Å². The second-order valence-corrected chi connectivity index (χ2v) is 3.80. The molecule has 2 rings (SSSR count). The van der Waals surface area contributed by atoms with Gasteiger partial charge in [0, 0.05) is 0 Å². The Bertz CT molecular complexity index is 308. The quantitative estimate of drug-likeness (QED) is 0.480. The van der Waals surface area contributed by atoms with Crippen molar-refractivity contribution in [3.63, 3.8) is 0 Å². The standard InChI is InChI=1S/C9H10O5/c10-7(11)4-1-2-5-6(3-4)9(13)14-8(5)12/h4-6H,1-3H2,(H,10,11). The maximum atomic E-state index is 11.2. The molecule has 0 aromatic rings. The fourth-order valence-corrected chi connectivity index (χ4v) is 2.19. The number of cyclic esters (lactones) is 2. The van der Waals surface area contributed by atoms with Crippen molar-refractivity contribution < 1.29 is 24.2 Å².